The van der Waals surface area contributed by atoms with E-state index in [4.69, 9.17) is 10.2 Å². The number of nitrogens with two attached hydrogens (primary N) is 1. The average Bonchev–Trinajstić information content (AvgIpc) is 3.17. The minimum absolute atomic E-state index is 0.190. The number of primary amides is 1. The van der Waals surface area contributed by atoms with Crippen molar-refractivity contribution in [2.75, 3.05) is 6.54 Å². The molecule has 0 radical (unpaired) electrons. The van der Waals surface area contributed by atoms with Gasteiger partial charge in [0, 0.05) is 17.5 Å². The zero-order valence-corrected chi connectivity index (χ0v) is 14.7. The van der Waals surface area contributed by atoms with E-state index < -0.39 is 5.91 Å². The molecule has 2 aromatic rings. The van der Waals surface area contributed by atoms with Gasteiger partial charge in [0.25, 0.3) is 5.91 Å². The number of rotatable bonds is 4. The highest BCUT2D eigenvalue weighted by Gasteiger charge is 2.32. The van der Waals surface area contributed by atoms with Crippen LogP contribution >= 0.6 is 0 Å². The Morgan fingerprint density at radius 1 is 1.50 bits per heavy atom. The SMILES string of the molecule is Cc1nc([C@@H]2CCCN2Cc2cc(C(N)=O)oc2C(C)(C)C)n[nH]1. The van der Waals surface area contributed by atoms with E-state index in [1.165, 1.54) is 0 Å². The molecule has 1 atom stereocenters. The highest BCUT2D eigenvalue weighted by atomic mass is 16.4. The number of furan rings is 1. The van der Waals surface area contributed by atoms with Crippen molar-refractivity contribution in [1.82, 2.24) is 20.1 Å². The van der Waals surface area contributed by atoms with Gasteiger partial charge in [0.05, 0.1) is 6.04 Å². The first kappa shape index (κ1) is 16.7. The van der Waals surface area contributed by atoms with Gasteiger partial charge < -0.3 is 10.2 Å². The van der Waals surface area contributed by atoms with E-state index in [-0.39, 0.29) is 17.2 Å². The van der Waals surface area contributed by atoms with Crippen molar-refractivity contribution in [3.63, 3.8) is 0 Å². The van der Waals surface area contributed by atoms with Crippen LogP contribution in [0.3, 0.4) is 0 Å². The maximum Gasteiger partial charge on any atom is 0.284 e. The molecule has 3 N–H and O–H groups in total. The van der Waals surface area contributed by atoms with E-state index in [0.717, 1.165) is 42.4 Å². The van der Waals surface area contributed by atoms with Crippen LogP contribution in [0.4, 0.5) is 0 Å². The molecule has 7 nitrogen and oxygen atoms in total. The molecule has 130 valence electrons. The Morgan fingerprint density at radius 3 is 2.83 bits per heavy atom. The van der Waals surface area contributed by atoms with Gasteiger partial charge in [0.15, 0.2) is 11.6 Å². The largest absolute Gasteiger partial charge is 0.455 e. The molecule has 0 aliphatic carbocycles. The molecule has 1 fully saturated rings. The fraction of sp³-hybridized carbons (Fsp3) is 0.588. The summed E-state index contributed by atoms with van der Waals surface area (Å²) in [7, 11) is 0. The summed E-state index contributed by atoms with van der Waals surface area (Å²) >= 11 is 0. The predicted octanol–water partition coefficient (Wildman–Crippen LogP) is 2.44. The van der Waals surface area contributed by atoms with Crippen molar-refractivity contribution >= 4 is 5.91 Å². The van der Waals surface area contributed by atoms with Gasteiger partial charge >= 0.3 is 0 Å². The monoisotopic (exact) mass is 331 g/mol. The van der Waals surface area contributed by atoms with Crippen LogP contribution in [0.1, 0.15) is 73.2 Å². The maximum atomic E-state index is 11.5. The second-order valence-corrected chi connectivity index (χ2v) is 7.49. The fourth-order valence-corrected chi connectivity index (χ4v) is 3.34. The molecular weight excluding hydrogens is 306 g/mol. The lowest BCUT2D eigenvalue weighted by Gasteiger charge is -2.24. The predicted molar refractivity (Wildman–Crippen MR) is 89.4 cm³/mol. The third kappa shape index (κ3) is 3.21. The first-order valence-corrected chi connectivity index (χ1v) is 8.31. The number of hydrogen-bond acceptors (Lipinski definition) is 5. The fourth-order valence-electron chi connectivity index (χ4n) is 3.34. The van der Waals surface area contributed by atoms with Crippen molar-refractivity contribution in [3.05, 3.63) is 34.8 Å². The summed E-state index contributed by atoms with van der Waals surface area (Å²) in [5.41, 5.74) is 6.21. The molecule has 0 aromatic carbocycles. The molecule has 0 bridgehead atoms. The average molecular weight is 331 g/mol. The quantitative estimate of drug-likeness (QED) is 0.896. The summed E-state index contributed by atoms with van der Waals surface area (Å²) < 4.78 is 5.76. The molecule has 7 heteroatoms. The standard InChI is InChI=1S/C17H25N5O2/c1-10-19-16(21-20-10)12-6-5-7-22(12)9-11-8-13(15(18)23)24-14(11)17(2,3)4/h8,12H,5-7,9H2,1-4H3,(H2,18,23)(H,19,20,21)/t12-/m0/s1. The van der Waals surface area contributed by atoms with Gasteiger partial charge in [-0.2, -0.15) is 5.10 Å². The Labute approximate surface area is 141 Å². The summed E-state index contributed by atoms with van der Waals surface area (Å²) in [4.78, 5) is 18.3. The first-order chi connectivity index (χ1) is 11.3. The van der Waals surface area contributed by atoms with E-state index in [9.17, 15) is 4.79 Å². The van der Waals surface area contributed by atoms with Gasteiger partial charge in [-0.25, -0.2) is 4.98 Å². The number of aromatic nitrogens is 3. The lowest BCUT2D eigenvalue weighted by Crippen LogP contribution is -2.25. The second kappa shape index (κ2) is 6.05. The number of carbonyl (C=O) groups excluding carboxylic acids is 1. The van der Waals surface area contributed by atoms with Crippen molar-refractivity contribution in [1.29, 1.82) is 0 Å². The molecule has 24 heavy (non-hydrogen) atoms. The zero-order chi connectivity index (χ0) is 17.5. The highest BCUT2D eigenvalue weighted by molar-refractivity contribution is 5.90. The minimum Gasteiger partial charge on any atom is -0.455 e. The number of amides is 1. The number of carbonyl (C=O) groups is 1. The summed E-state index contributed by atoms with van der Waals surface area (Å²) in [6.45, 7) is 9.78. The molecule has 0 unspecified atom stereocenters. The van der Waals surface area contributed by atoms with Gasteiger partial charge in [0.2, 0.25) is 0 Å². The van der Waals surface area contributed by atoms with Crippen LogP contribution in [-0.2, 0) is 12.0 Å². The van der Waals surface area contributed by atoms with Gasteiger partial charge in [-0.1, -0.05) is 20.8 Å². The molecule has 3 rings (SSSR count). The normalized spacial score (nSPS) is 19.1. The van der Waals surface area contributed by atoms with E-state index in [1.807, 2.05) is 6.92 Å². The topological polar surface area (TPSA) is 101 Å². The molecular formula is C17H25N5O2. The van der Waals surface area contributed by atoms with Crippen LogP contribution in [0, 0.1) is 6.92 Å². The third-order valence-electron chi connectivity index (χ3n) is 4.38. The molecule has 2 aromatic heterocycles. The minimum atomic E-state index is -0.533. The van der Waals surface area contributed by atoms with E-state index in [0.29, 0.717) is 6.54 Å². The van der Waals surface area contributed by atoms with Gasteiger partial charge in [-0.15, -0.1) is 0 Å². The second-order valence-electron chi connectivity index (χ2n) is 7.49. The molecule has 3 heterocycles. The zero-order valence-electron chi connectivity index (χ0n) is 14.7. The number of hydrogen-bond donors (Lipinski definition) is 2. The Bertz CT molecular complexity index is 740. The molecule has 0 saturated carbocycles. The van der Waals surface area contributed by atoms with E-state index >= 15 is 0 Å². The smallest absolute Gasteiger partial charge is 0.284 e. The number of aromatic amines is 1. The lowest BCUT2D eigenvalue weighted by atomic mass is 9.90. The third-order valence-corrected chi connectivity index (χ3v) is 4.38. The number of likely N-dealkylation sites (tertiary alicyclic amines) is 1. The highest BCUT2D eigenvalue weighted by Crippen LogP contribution is 2.35. The Kier molecular flexibility index (Phi) is 4.21. The van der Waals surface area contributed by atoms with E-state index in [2.05, 4.69) is 40.9 Å². The number of nitrogens with zero attached hydrogens (tertiary/aromatic N) is 3. The lowest BCUT2D eigenvalue weighted by molar-refractivity contribution is 0.0970. The Morgan fingerprint density at radius 2 is 2.25 bits per heavy atom. The van der Waals surface area contributed by atoms with Crippen LogP contribution in [0.25, 0.3) is 0 Å². The molecule has 1 aliphatic rings. The molecule has 1 saturated heterocycles. The molecule has 1 amide bonds. The molecule has 1 aliphatic heterocycles. The van der Waals surface area contributed by atoms with Crippen LogP contribution < -0.4 is 5.73 Å². The van der Waals surface area contributed by atoms with Crippen LogP contribution in [-0.4, -0.2) is 32.5 Å². The van der Waals surface area contributed by atoms with Crippen LogP contribution in [0.5, 0.6) is 0 Å². The summed E-state index contributed by atoms with van der Waals surface area (Å²) in [5, 5.41) is 7.24. The first-order valence-electron chi connectivity index (χ1n) is 8.31. The van der Waals surface area contributed by atoms with Crippen molar-refractivity contribution in [3.8, 4) is 0 Å². The van der Waals surface area contributed by atoms with Gasteiger partial charge in [-0.3, -0.25) is 14.8 Å². The summed E-state index contributed by atoms with van der Waals surface area (Å²) in [6.07, 6.45) is 2.13. The van der Waals surface area contributed by atoms with Crippen LogP contribution in [0.2, 0.25) is 0 Å². The molecule has 0 spiro atoms. The van der Waals surface area contributed by atoms with Gasteiger partial charge in [-0.05, 0) is 32.4 Å². The maximum absolute atomic E-state index is 11.5. The van der Waals surface area contributed by atoms with E-state index in [1.54, 1.807) is 6.07 Å². The van der Waals surface area contributed by atoms with Crippen LogP contribution in [0.15, 0.2) is 10.5 Å². The van der Waals surface area contributed by atoms with Crippen molar-refractivity contribution < 1.29 is 9.21 Å². The summed E-state index contributed by atoms with van der Waals surface area (Å²) in [6, 6.07) is 1.97. The Hall–Kier alpha value is -2.15. The Balaban J connectivity index is 1.88. The number of aryl methyl sites for hydroxylation is 1. The number of H-pyrrole nitrogens is 1. The summed E-state index contributed by atoms with van der Waals surface area (Å²) in [5.74, 6) is 2.16. The van der Waals surface area contributed by atoms with Crippen molar-refractivity contribution in [2.45, 2.75) is 58.5 Å². The van der Waals surface area contributed by atoms with Crippen molar-refractivity contribution in [2.24, 2.45) is 5.73 Å². The number of nitrogens with one attached hydrogen (secondary N) is 1. The van der Waals surface area contributed by atoms with Gasteiger partial charge in [0.1, 0.15) is 11.6 Å².